The monoisotopic (exact) mass is 258 g/mol. The van der Waals surface area contributed by atoms with Crippen molar-refractivity contribution in [2.75, 3.05) is 6.61 Å². The number of hydrazine groups is 1. The van der Waals surface area contributed by atoms with Crippen LogP contribution in [0.1, 0.15) is 16.6 Å². The molecule has 1 aromatic rings. The summed E-state index contributed by atoms with van der Waals surface area (Å²) in [5, 5.41) is 10.3. The van der Waals surface area contributed by atoms with Crippen molar-refractivity contribution in [3.05, 3.63) is 16.3 Å². The SMILES string of the molecule is CC(=O)NNC(=O)COc1ccsc1C(=O)O. The Morgan fingerprint density at radius 1 is 1.41 bits per heavy atom. The Balaban J connectivity index is 2.45. The summed E-state index contributed by atoms with van der Waals surface area (Å²) in [5.41, 5.74) is 4.17. The maximum Gasteiger partial charge on any atom is 0.349 e. The van der Waals surface area contributed by atoms with Crippen molar-refractivity contribution in [2.45, 2.75) is 6.92 Å². The van der Waals surface area contributed by atoms with Crippen LogP contribution in [0.25, 0.3) is 0 Å². The number of ether oxygens (including phenoxy) is 1. The van der Waals surface area contributed by atoms with Crippen molar-refractivity contribution >= 4 is 29.1 Å². The molecule has 0 aromatic carbocycles. The van der Waals surface area contributed by atoms with Crippen molar-refractivity contribution in [2.24, 2.45) is 0 Å². The maximum absolute atomic E-state index is 11.1. The number of carbonyl (C=O) groups excluding carboxylic acids is 2. The molecule has 0 atom stereocenters. The molecule has 0 radical (unpaired) electrons. The van der Waals surface area contributed by atoms with Gasteiger partial charge in [-0.05, 0) is 11.4 Å². The van der Waals surface area contributed by atoms with Gasteiger partial charge in [-0.15, -0.1) is 11.3 Å². The van der Waals surface area contributed by atoms with Gasteiger partial charge >= 0.3 is 5.97 Å². The maximum atomic E-state index is 11.1. The first kappa shape index (κ1) is 13.0. The van der Waals surface area contributed by atoms with E-state index in [0.717, 1.165) is 11.3 Å². The molecule has 3 N–H and O–H groups in total. The van der Waals surface area contributed by atoms with Gasteiger partial charge in [0.05, 0.1) is 0 Å². The number of rotatable bonds is 4. The van der Waals surface area contributed by atoms with E-state index in [1.54, 1.807) is 5.38 Å². The van der Waals surface area contributed by atoms with Crippen molar-refractivity contribution in [3.63, 3.8) is 0 Å². The summed E-state index contributed by atoms with van der Waals surface area (Å²) in [6.07, 6.45) is 0. The molecule has 0 unspecified atom stereocenters. The van der Waals surface area contributed by atoms with Crippen LogP contribution >= 0.6 is 11.3 Å². The molecule has 17 heavy (non-hydrogen) atoms. The molecule has 1 aromatic heterocycles. The predicted molar refractivity (Wildman–Crippen MR) is 58.7 cm³/mol. The zero-order chi connectivity index (χ0) is 12.8. The molecule has 0 aliphatic carbocycles. The lowest BCUT2D eigenvalue weighted by molar-refractivity contribution is -0.129. The summed E-state index contributed by atoms with van der Waals surface area (Å²) in [6, 6.07) is 1.46. The molecule has 0 fully saturated rings. The van der Waals surface area contributed by atoms with Crippen LogP contribution in [0.5, 0.6) is 5.75 Å². The molecule has 1 rings (SSSR count). The highest BCUT2D eigenvalue weighted by Gasteiger charge is 2.14. The van der Waals surface area contributed by atoms with Crippen molar-refractivity contribution < 1.29 is 24.2 Å². The van der Waals surface area contributed by atoms with E-state index >= 15 is 0 Å². The predicted octanol–water partition coefficient (Wildman–Crippen LogP) is -0.00760. The molecule has 0 saturated carbocycles. The molecular weight excluding hydrogens is 248 g/mol. The third-order valence-electron chi connectivity index (χ3n) is 1.56. The first-order valence-electron chi connectivity index (χ1n) is 4.49. The summed E-state index contributed by atoms with van der Waals surface area (Å²) in [7, 11) is 0. The molecular formula is C9H10N2O5S. The quantitative estimate of drug-likeness (QED) is 0.659. The topological polar surface area (TPSA) is 105 Å². The highest BCUT2D eigenvalue weighted by molar-refractivity contribution is 7.12. The van der Waals surface area contributed by atoms with E-state index in [0.29, 0.717) is 0 Å². The second-order valence-corrected chi connectivity index (χ2v) is 3.85. The number of thiophene rings is 1. The lowest BCUT2D eigenvalue weighted by atomic mass is 10.4. The molecule has 8 heteroatoms. The second-order valence-electron chi connectivity index (χ2n) is 2.94. The molecule has 0 bridgehead atoms. The van der Waals surface area contributed by atoms with Gasteiger partial charge < -0.3 is 9.84 Å². The number of nitrogens with one attached hydrogen (secondary N) is 2. The Bertz CT molecular complexity index is 442. The summed E-state index contributed by atoms with van der Waals surface area (Å²) in [4.78, 5) is 32.4. The van der Waals surface area contributed by atoms with E-state index in [-0.39, 0.29) is 17.2 Å². The normalized spacial score (nSPS) is 9.47. The minimum atomic E-state index is -1.11. The number of carboxylic acids is 1. The first-order chi connectivity index (χ1) is 8.00. The number of hydrogen-bond acceptors (Lipinski definition) is 5. The summed E-state index contributed by atoms with van der Waals surface area (Å²) in [6.45, 7) is 0.861. The zero-order valence-corrected chi connectivity index (χ0v) is 9.67. The smallest absolute Gasteiger partial charge is 0.349 e. The van der Waals surface area contributed by atoms with Gasteiger partial charge in [0, 0.05) is 6.92 Å². The van der Waals surface area contributed by atoms with E-state index in [9.17, 15) is 14.4 Å². The van der Waals surface area contributed by atoms with Crippen LogP contribution in [0.2, 0.25) is 0 Å². The lowest BCUT2D eigenvalue weighted by Gasteiger charge is -2.06. The number of carboxylic acid groups (broad SMARTS) is 1. The van der Waals surface area contributed by atoms with Crippen LogP contribution < -0.4 is 15.6 Å². The summed E-state index contributed by atoms with van der Waals surface area (Å²) >= 11 is 1.00. The largest absolute Gasteiger partial charge is 0.482 e. The van der Waals surface area contributed by atoms with Crippen molar-refractivity contribution in [1.82, 2.24) is 10.9 Å². The zero-order valence-electron chi connectivity index (χ0n) is 8.85. The van der Waals surface area contributed by atoms with Gasteiger partial charge in [-0.2, -0.15) is 0 Å². The van der Waals surface area contributed by atoms with Crippen molar-refractivity contribution in [1.29, 1.82) is 0 Å². The van der Waals surface area contributed by atoms with E-state index in [1.165, 1.54) is 13.0 Å². The van der Waals surface area contributed by atoms with E-state index in [4.69, 9.17) is 9.84 Å². The van der Waals surface area contributed by atoms with Crippen LogP contribution in [0.3, 0.4) is 0 Å². The molecule has 0 aliphatic heterocycles. The standard InChI is InChI=1S/C9H10N2O5S/c1-5(12)10-11-7(13)4-16-6-2-3-17-8(6)9(14)15/h2-3H,4H2,1H3,(H,10,12)(H,11,13)(H,14,15). The minimum Gasteiger partial charge on any atom is -0.482 e. The molecule has 7 nitrogen and oxygen atoms in total. The van der Waals surface area contributed by atoms with Crippen LogP contribution in [0.4, 0.5) is 0 Å². The Hall–Kier alpha value is -2.09. The van der Waals surface area contributed by atoms with Gasteiger partial charge in [-0.25, -0.2) is 4.79 Å². The van der Waals surface area contributed by atoms with Crippen LogP contribution in [0, 0.1) is 0 Å². The Kier molecular flexibility index (Phi) is 4.46. The first-order valence-corrected chi connectivity index (χ1v) is 5.37. The summed E-state index contributed by atoms with van der Waals surface area (Å²) < 4.78 is 5.00. The van der Waals surface area contributed by atoms with Gasteiger partial charge in [0.25, 0.3) is 5.91 Å². The fraction of sp³-hybridized carbons (Fsp3) is 0.222. The Morgan fingerprint density at radius 3 is 2.71 bits per heavy atom. The fourth-order valence-corrected chi connectivity index (χ4v) is 1.58. The number of aromatic carboxylic acids is 1. The highest BCUT2D eigenvalue weighted by atomic mass is 32.1. The Labute approximate surface area is 100 Å². The molecule has 1 heterocycles. The Morgan fingerprint density at radius 2 is 2.12 bits per heavy atom. The molecule has 0 saturated heterocycles. The number of hydrogen-bond donors (Lipinski definition) is 3. The third-order valence-corrected chi connectivity index (χ3v) is 2.44. The van der Waals surface area contributed by atoms with Gasteiger partial charge in [0.1, 0.15) is 5.75 Å². The summed E-state index contributed by atoms with van der Waals surface area (Å²) in [5.74, 6) is -1.99. The molecule has 2 amide bonds. The average molecular weight is 258 g/mol. The minimum absolute atomic E-state index is 0.0253. The third kappa shape index (κ3) is 4.11. The fourth-order valence-electron chi connectivity index (χ4n) is 0.904. The molecule has 92 valence electrons. The van der Waals surface area contributed by atoms with E-state index < -0.39 is 17.8 Å². The molecule has 0 spiro atoms. The van der Waals surface area contributed by atoms with Crippen molar-refractivity contribution in [3.8, 4) is 5.75 Å². The van der Waals surface area contributed by atoms with E-state index in [2.05, 4.69) is 10.9 Å². The highest BCUT2D eigenvalue weighted by Crippen LogP contribution is 2.24. The number of carbonyl (C=O) groups is 3. The molecule has 0 aliphatic rings. The van der Waals surface area contributed by atoms with E-state index in [1.807, 2.05) is 0 Å². The van der Waals surface area contributed by atoms with Crippen LogP contribution in [-0.4, -0.2) is 29.5 Å². The second kappa shape index (κ2) is 5.85. The van der Waals surface area contributed by atoms with Gasteiger partial charge in [-0.3, -0.25) is 20.4 Å². The lowest BCUT2D eigenvalue weighted by Crippen LogP contribution is -2.42. The average Bonchev–Trinajstić information content (AvgIpc) is 2.71. The van der Waals surface area contributed by atoms with Crippen LogP contribution in [0.15, 0.2) is 11.4 Å². The van der Waals surface area contributed by atoms with Gasteiger partial charge in [-0.1, -0.05) is 0 Å². The van der Waals surface area contributed by atoms with Crippen LogP contribution in [-0.2, 0) is 9.59 Å². The number of amides is 2. The van der Waals surface area contributed by atoms with Gasteiger partial charge in [0.2, 0.25) is 5.91 Å². The van der Waals surface area contributed by atoms with Gasteiger partial charge in [0.15, 0.2) is 11.5 Å².